The highest BCUT2D eigenvalue weighted by Gasteiger charge is 2.24. The molecule has 0 aliphatic carbocycles. The van der Waals surface area contributed by atoms with E-state index in [1.807, 2.05) is 0 Å². The number of rotatable bonds is 8. The van der Waals surface area contributed by atoms with Crippen LogP contribution in [0.1, 0.15) is 11.1 Å². The molecule has 9 nitrogen and oxygen atoms in total. The summed E-state index contributed by atoms with van der Waals surface area (Å²) in [5.74, 6) is -0.541. The second-order valence-corrected chi connectivity index (χ2v) is 7.08. The molecule has 2 unspecified atom stereocenters. The van der Waals surface area contributed by atoms with Crippen molar-refractivity contribution in [1.82, 2.24) is 0 Å². The molecule has 2 aromatic carbocycles. The molecule has 0 saturated carbocycles. The van der Waals surface area contributed by atoms with Gasteiger partial charge in [-0.15, -0.1) is 0 Å². The van der Waals surface area contributed by atoms with Crippen LogP contribution in [-0.2, 0) is 9.59 Å². The fourth-order valence-corrected chi connectivity index (χ4v) is 3.24. The monoisotopic (exact) mass is 440 g/mol. The first-order valence-corrected chi connectivity index (χ1v) is 9.77. The van der Waals surface area contributed by atoms with Gasteiger partial charge in [0.05, 0.1) is 11.1 Å². The molecule has 3 N–H and O–H groups in total. The second-order valence-electron chi connectivity index (χ2n) is 7.08. The van der Waals surface area contributed by atoms with Gasteiger partial charge in [0, 0.05) is 0 Å². The molecule has 2 aromatic rings. The number of aliphatic hydroxyl groups excluding tert-OH is 1. The number of aliphatic hydroxyl groups is 1. The molecule has 2 aliphatic heterocycles. The Balaban J connectivity index is 1.36. The molecule has 2 aliphatic rings. The van der Waals surface area contributed by atoms with Gasteiger partial charge < -0.3 is 34.3 Å². The van der Waals surface area contributed by atoms with Crippen molar-refractivity contribution in [2.24, 2.45) is 0 Å². The van der Waals surface area contributed by atoms with Gasteiger partial charge in [-0.1, -0.05) is 12.1 Å². The molecule has 4 rings (SSSR count). The first kappa shape index (κ1) is 21.3. The Bertz CT molecular complexity index is 1000. The predicted octanol–water partition coefficient (Wildman–Crippen LogP) is 2.22. The molecule has 2 atom stereocenters. The summed E-state index contributed by atoms with van der Waals surface area (Å²) in [6, 6.07) is 10.0. The van der Waals surface area contributed by atoms with Crippen molar-refractivity contribution in [2.75, 3.05) is 13.2 Å². The third-order valence-corrected chi connectivity index (χ3v) is 4.78. The number of hydrogen-bond acceptors (Lipinski definition) is 7. The van der Waals surface area contributed by atoms with Crippen LogP contribution in [0.2, 0.25) is 0 Å². The first-order valence-electron chi connectivity index (χ1n) is 9.77. The van der Waals surface area contributed by atoms with Gasteiger partial charge in [-0.25, -0.2) is 9.59 Å². The van der Waals surface area contributed by atoms with Crippen LogP contribution < -0.4 is 18.9 Å². The summed E-state index contributed by atoms with van der Waals surface area (Å²) in [4.78, 5) is 22.2. The Morgan fingerprint density at radius 3 is 1.66 bits per heavy atom. The summed E-state index contributed by atoms with van der Waals surface area (Å²) >= 11 is 0. The van der Waals surface area contributed by atoms with Gasteiger partial charge in [0.1, 0.15) is 42.3 Å². The number of carboxylic acids is 2. The van der Waals surface area contributed by atoms with E-state index in [0.29, 0.717) is 34.1 Å². The van der Waals surface area contributed by atoms with Crippen LogP contribution in [0, 0.1) is 0 Å². The second kappa shape index (κ2) is 9.03. The summed E-state index contributed by atoms with van der Waals surface area (Å²) in [6.07, 6.45) is 2.98. The van der Waals surface area contributed by atoms with Crippen LogP contribution in [0.4, 0.5) is 0 Å². The highest BCUT2D eigenvalue weighted by atomic mass is 16.5. The molecule has 0 saturated heterocycles. The van der Waals surface area contributed by atoms with E-state index < -0.39 is 30.3 Å². The molecule has 0 radical (unpaired) electrons. The van der Waals surface area contributed by atoms with Crippen LogP contribution in [0.5, 0.6) is 23.0 Å². The van der Waals surface area contributed by atoms with E-state index in [9.17, 15) is 14.7 Å². The fraction of sp³-hybridized carbons (Fsp3) is 0.217. The standard InChI is InChI=1S/C23H20O9/c24-13(11-29-16-3-1-5-18-14(16)7-9-20(31-18)22(25)26)12-30-17-4-2-6-19-15(17)8-10-21(32-19)23(27)28/h1-10,13,20-21,24H,11-12H2,(H,25,26)(H,27,28). The molecule has 9 heteroatoms. The lowest BCUT2D eigenvalue weighted by Gasteiger charge is -2.22. The molecule has 0 aromatic heterocycles. The Kier molecular flexibility index (Phi) is 6.00. The van der Waals surface area contributed by atoms with Crippen LogP contribution in [0.3, 0.4) is 0 Å². The maximum Gasteiger partial charge on any atom is 0.349 e. The topological polar surface area (TPSA) is 132 Å². The zero-order chi connectivity index (χ0) is 22.7. The summed E-state index contributed by atoms with van der Waals surface area (Å²) < 4.78 is 22.2. The summed E-state index contributed by atoms with van der Waals surface area (Å²) in [7, 11) is 0. The summed E-state index contributed by atoms with van der Waals surface area (Å²) in [6.45, 7) is -0.149. The normalized spacial score (nSPS) is 19.0. The van der Waals surface area contributed by atoms with Crippen LogP contribution in [-0.4, -0.2) is 58.8 Å². The SMILES string of the molecule is O=C(O)C1C=Cc2c(OCC(O)COc3cccc4c3C=CC(C(=O)O)O4)cccc2O1. The zero-order valence-electron chi connectivity index (χ0n) is 16.7. The molecule has 166 valence electrons. The fourth-order valence-electron chi connectivity index (χ4n) is 3.24. The number of ether oxygens (including phenoxy) is 4. The molecular weight excluding hydrogens is 420 g/mol. The van der Waals surface area contributed by atoms with Gasteiger partial charge in [0.25, 0.3) is 0 Å². The Morgan fingerprint density at radius 2 is 1.25 bits per heavy atom. The number of hydrogen-bond donors (Lipinski definition) is 3. The largest absolute Gasteiger partial charge is 0.490 e. The van der Waals surface area contributed by atoms with Gasteiger partial charge in [-0.2, -0.15) is 0 Å². The van der Waals surface area contributed by atoms with Crippen molar-refractivity contribution in [3.8, 4) is 23.0 Å². The zero-order valence-corrected chi connectivity index (χ0v) is 16.7. The average Bonchev–Trinajstić information content (AvgIpc) is 2.80. The Hall–Kier alpha value is -3.98. The van der Waals surface area contributed by atoms with Crippen molar-refractivity contribution in [3.63, 3.8) is 0 Å². The maximum atomic E-state index is 11.1. The minimum absolute atomic E-state index is 0.0743. The van der Waals surface area contributed by atoms with Crippen LogP contribution in [0.25, 0.3) is 12.2 Å². The lowest BCUT2D eigenvalue weighted by molar-refractivity contribution is -0.143. The van der Waals surface area contributed by atoms with Gasteiger partial charge in [0.15, 0.2) is 0 Å². The molecule has 2 heterocycles. The molecule has 32 heavy (non-hydrogen) atoms. The molecule has 0 bridgehead atoms. The average molecular weight is 440 g/mol. The third-order valence-electron chi connectivity index (χ3n) is 4.78. The van der Waals surface area contributed by atoms with Crippen LogP contribution >= 0.6 is 0 Å². The van der Waals surface area contributed by atoms with Crippen LogP contribution in [0.15, 0.2) is 48.6 Å². The number of carbonyl (C=O) groups is 2. The number of benzene rings is 2. The quantitative estimate of drug-likeness (QED) is 0.565. The highest BCUT2D eigenvalue weighted by molar-refractivity contribution is 5.80. The van der Waals surface area contributed by atoms with E-state index in [2.05, 4.69) is 0 Å². The highest BCUT2D eigenvalue weighted by Crippen LogP contribution is 2.35. The van der Waals surface area contributed by atoms with Crippen molar-refractivity contribution in [3.05, 3.63) is 59.7 Å². The summed E-state index contributed by atoms with van der Waals surface area (Å²) in [5, 5.41) is 28.5. The number of aliphatic carboxylic acids is 2. The Morgan fingerprint density at radius 1 is 0.812 bits per heavy atom. The number of carboxylic acid groups (broad SMARTS) is 2. The van der Waals surface area contributed by atoms with Crippen molar-refractivity contribution in [1.29, 1.82) is 0 Å². The van der Waals surface area contributed by atoms with Gasteiger partial charge in [-0.3, -0.25) is 0 Å². The van der Waals surface area contributed by atoms with Gasteiger partial charge >= 0.3 is 11.9 Å². The molecular formula is C23H20O9. The smallest absolute Gasteiger partial charge is 0.349 e. The lowest BCUT2D eigenvalue weighted by Crippen LogP contribution is -2.28. The van der Waals surface area contributed by atoms with E-state index in [-0.39, 0.29) is 13.2 Å². The van der Waals surface area contributed by atoms with Crippen molar-refractivity contribution >= 4 is 24.1 Å². The van der Waals surface area contributed by atoms with Gasteiger partial charge in [0.2, 0.25) is 12.2 Å². The van der Waals surface area contributed by atoms with E-state index >= 15 is 0 Å². The third kappa shape index (κ3) is 4.52. The number of fused-ring (bicyclic) bond motifs is 2. The van der Waals surface area contributed by atoms with Gasteiger partial charge in [-0.05, 0) is 48.6 Å². The molecule has 0 amide bonds. The van der Waals surface area contributed by atoms with E-state index in [4.69, 9.17) is 29.2 Å². The maximum absolute atomic E-state index is 11.1. The summed E-state index contributed by atoms with van der Waals surface area (Å²) in [5.41, 5.74) is 1.18. The predicted molar refractivity (Wildman–Crippen MR) is 112 cm³/mol. The molecule has 0 fully saturated rings. The van der Waals surface area contributed by atoms with Crippen molar-refractivity contribution < 1.29 is 43.9 Å². The Labute approximate surface area is 182 Å². The lowest BCUT2D eigenvalue weighted by atomic mass is 10.1. The molecule has 0 spiro atoms. The van der Waals surface area contributed by atoms with E-state index in [0.717, 1.165) is 0 Å². The van der Waals surface area contributed by atoms with E-state index in [1.54, 1.807) is 48.6 Å². The van der Waals surface area contributed by atoms with E-state index in [1.165, 1.54) is 12.2 Å². The first-order chi connectivity index (χ1) is 15.4. The minimum atomic E-state index is -1.09. The van der Waals surface area contributed by atoms with Crippen molar-refractivity contribution in [2.45, 2.75) is 18.3 Å². The minimum Gasteiger partial charge on any atom is -0.490 e.